The Morgan fingerprint density at radius 3 is 2.38 bits per heavy atom. The molecule has 3 aromatic heterocycles. The molecule has 0 saturated carbocycles. The average molecular weight is 341 g/mol. The molecule has 0 radical (unpaired) electrons. The van der Waals surface area contributed by atoms with Crippen LogP contribution in [-0.4, -0.2) is 24.5 Å². The standard InChI is InChI=1S/C21H19N5/c1-26-15-19(25-20(26)10-9-16-6-5-11-22-12-16)18-13-23-21(24-14-18)17-7-3-2-4-8-17/h2-8,11-15H,9-10H2,1H3. The van der Waals surface area contributed by atoms with Crippen molar-refractivity contribution in [2.45, 2.75) is 12.8 Å². The number of benzene rings is 1. The predicted octanol–water partition coefficient (Wildman–Crippen LogP) is 3.72. The van der Waals surface area contributed by atoms with Gasteiger partial charge in [0.05, 0.1) is 5.69 Å². The van der Waals surface area contributed by atoms with Gasteiger partial charge in [-0.25, -0.2) is 15.0 Å². The van der Waals surface area contributed by atoms with E-state index in [9.17, 15) is 0 Å². The fraction of sp³-hybridized carbons (Fsp3) is 0.143. The zero-order valence-electron chi connectivity index (χ0n) is 14.6. The van der Waals surface area contributed by atoms with Crippen molar-refractivity contribution in [2.24, 2.45) is 7.05 Å². The van der Waals surface area contributed by atoms with E-state index in [1.807, 2.05) is 68.2 Å². The molecule has 128 valence electrons. The first-order valence-corrected chi connectivity index (χ1v) is 8.58. The molecule has 5 heteroatoms. The van der Waals surface area contributed by atoms with E-state index in [2.05, 4.69) is 25.6 Å². The summed E-state index contributed by atoms with van der Waals surface area (Å²) >= 11 is 0. The number of imidazole rings is 1. The van der Waals surface area contributed by atoms with E-state index < -0.39 is 0 Å². The van der Waals surface area contributed by atoms with Gasteiger partial charge in [0, 0.05) is 55.6 Å². The van der Waals surface area contributed by atoms with Crippen LogP contribution in [0.3, 0.4) is 0 Å². The third kappa shape index (κ3) is 3.52. The lowest BCUT2D eigenvalue weighted by molar-refractivity contribution is 0.770. The highest BCUT2D eigenvalue weighted by molar-refractivity contribution is 5.60. The molecule has 0 N–H and O–H groups in total. The van der Waals surface area contributed by atoms with Gasteiger partial charge in [-0.15, -0.1) is 0 Å². The first kappa shape index (κ1) is 16.1. The summed E-state index contributed by atoms with van der Waals surface area (Å²) < 4.78 is 2.07. The minimum atomic E-state index is 0.724. The Kier molecular flexibility index (Phi) is 4.51. The molecule has 0 amide bonds. The molecule has 4 aromatic rings. The maximum Gasteiger partial charge on any atom is 0.159 e. The van der Waals surface area contributed by atoms with Gasteiger partial charge in [-0.3, -0.25) is 4.98 Å². The second-order valence-corrected chi connectivity index (χ2v) is 6.18. The molecule has 0 bridgehead atoms. The predicted molar refractivity (Wildman–Crippen MR) is 101 cm³/mol. The van der Waals surface area contributed by atoms with Gasteiger partial charge in [-0.2, -0.15) is 0 Å². The van der Waals surface area contributed by atoms with Crippen LogP contribution in [0.15, 0.2) is 73.4 Å². The SMILES string of the molecule is Cn1cc(-c2cnc(-c3ccccc3)nc2)nc1CCc1cccnc1. The monoisotopic (exact) mass is 341 g/mol. The topological polar surface area (TPSA) is 56.5 Å². The molecule has 0 unspecified atom stereocenters. The molecule has 0 aliphatic carbocycles. The van der Waals surface area contributed by atoms with Crippen LogP contribution >= 0.6 is 0 Å². The molecule has 0 aliphatic rings. The Bertz CT molecular complexity index is 976. The maximum absolute atomic E-state index is 4.76. The normalized spacial score (nSPS) is 10.8. The zero-order chi connectivity index (χ0) is 17.8. The van der Waals surface area contributed by atoms with Crippen molar-refractivity contribution >= 4 is 0 Å². The number of aryl methyl sites for hydroxylation is 3. The third-order valence-corrected chi connectivity index (χ3v) is 4.31. The van der Waals surface area contributed by atoms with Crippen LogP contribution in [0.4, 0.5) is 0 Å². The van der Waals surface area contributed by atoms with Crippen LogP contribution in [0.2, 0.25) is 0 Å². The van der Waals surface area contributed by atoms with Crippen molar-refractivity contribution in [1.29, 1.82) is 0 Å². The van der Waals surface area contributed by atoms with Crippen molar-refractivity contribution in [1.82, 2.24) is 24.5 Å². The van der Waals surface area contributed by atoms with Gasteiger partial charge in [-0.1, -0.05) is 36.4 Å². The summed E-state index contributed by atoms with van der Waals surface area (Å²) in [6, 6.07) is 14.0. The number of aromatic nitrogens is 5. The van der Waals surface area contributed by atoms with Crippen molar-refractivity contribution in [3.8, 4) is 22.6 Å². The van der Waals surface area contributed by atoms with Crippen molar-refractivity contribution < 1.29 is 0 Å². The number of pyridine rings is 1. The molecule has 0 spiro atoms. The summed E-state index contributed by atoms with van der Waals surface area (Å²) in [4.78, 5) is 17.9. The highest BCUT2D eigenvalue weighted by Crippen LogP contribution is 2.20. The number of hydrogen-bond acceptors (Lipinski definition) is 4. The molecule has 3 heterocycles. The first-order valence-electron chi connectivity index (χ1n) is 8.58. The third-order valence-electron chi connectivity index (χ3n) is 4.31. The Hall–Kier alpha value is -3.34. The van der Waals surface area contributed by atoms with Gasteiger partial charge in [-0.05, 0) is 18.1 Å². The van der Waals surface area contributed by atoms with E-state index in [1.165, 1.54) is 5.56 Å². The van der Waals surface area contributed by atoms with Gasteiger partial charge in [0.25, 0.3) is 0 Å². The van der Waals surface area contributed by atoms with Crippen molar-refractivity contribution in [2.75, 3.05) is 0 Å². The molecular formula is C21H19N5. The largest absolute Gasteiger partial charge is 0.337 e. The Morgan fingerprint density at radius 2 is 1.65 bits per heavy atom. The van der Waals surface area contributed by atoms with Crippen LogP contribution in [-0.2, 0) is 19.9 Å². The lowest BCUT2D eigenvalue weighted by atomic mass is 10.1. The number of hydrogen-bond donors (Lipinski definition) is 0. The molecule has 1 aromatic carbocycles. The quantitative estimate of drug-likeness (QED) is 0.555. The molecule has 0 fully saturated rings. The van der Waals surface area contributed by atoms with Gasteiger partial charge >= 0.3 is 0 Å². The zero-order valence-corrected chi connectivity index (χ0v) is 14.6. The summed E-state index contributed by atoms with van der Waals surface area (Å²) in [7, 11) is 2.02. The summed E-state index contributed by atoms with van der Waals surface area (Å²) in [5.74, 6) is 1.76. The minimum Gasteiger partial charge on any atom is -0.337 e. The van der Waals surface area contributed by atoms with Gasteiger partial charge < -0.3 is 4.57 Å². The van der Waals surface area contributed by atoms with E-state index in [0.717, 1.165) is 41.3 Å². The maximum atomic E-state index is 4.76. The first-order chi connectivity index (χ1) is 12.8. The van der Waals surface area contributed by atoms with Crippen LogP contribution in [0, 0.1) is 0 Å². The molecule has 0 saturated heterocycles. The fourth-order valence-electron chi connectivity index (χ4n) is 2.87. The average Bonchev–Trinajstić information content (AvgIpc) is 3.09. The second kappa shape index (κ2) is 7.27. The lowest BCUT2D eigenvalue weighted by Crippen LogP contribution is -1.99. The summed E-state index contributed by atoms with van der Waals surface area (Å²) in [6.07, 6.45) is 11.2. The second-order valence-electron chi connectivity index (χ2n) is 6.18. The Morgan fingerprint density at radius 1 is 0.846 bits per heavy atom. The van der Waals surface area contributed by atoms with E-state index in [-0.39, 0.29) is 0 Å². The van der Waals surface area contributed by atoms with Gasteiger partial charge in [0.1, 0.15) is 5.82 Å². The summed E-state index contributed by atoms with van der Waals surface area (Å²) in [5, 5.41) is 0. The fourth-order valence-corrected chi connectivity index (χ4v) is 2.87. The number of nitrogens with zero attached hydrogens (tertiary/aromatic N) is 5. The van der Waals surface area contributed by atoms with E-state index in [4.69, 9.17) is 4.98 Å². The molecule has 26 heavy (non-hydrogen) atoms. The highest BCUT2D eigenvalue weighted by atomic mass is 15.0. The van der Waals surface area contributed by atoms with Gasteiger partial charge in [0.2, 0.25) is 0 Å². The lowest BCUT2D eigenvalue weighted by Gasteiger charge is -2.01. The van der Waals surface area contributed by atoms with Gasteiger partial charge in [0.15, 0.2) is 5.82 Å². The van der Waals surface area contributed by atoms with Crippen LogP contribution in [0.5, 0.6) is 0 Å². The van der Waals surface area contributed by atoms with Crippen LogP contribution < -0.4 is 0 Å². The molecule has 0 aliphatic heterocycles. The van der Waals surface area contributed by atoms with Crippen LogP contribution in [0.1, 0.15) is 11.4 Å². The van der Waals surface area contributed by atoms with E-state index in [0.29, 0.717) is 0 Å². The molecule has 0 atom stereocenters. The number of rotatable bonds is 5. The Balaban J connectivity index is 1.51. The van der Waals surface area contributed by atoms with Crippen molar-refractivity contribution in [3.05, 3.63) is 84.8 Å². The molecule has 5 nitrogen and oxygen atoms in total. The minimum absolute atomic E-state index is 0.724. The van der Waals surface area contributed by atoms with E-state index >= 15 is 0 Å². The van der Waals surface area contributed by atoms with Crippen molar-refractivity contribution in [3.63, 3.8) is 0 Å². The smallest absolute Gasteiger partial charge is 0.159 e. The summed E-state index contributed by atoms with van der Waals surface area (Å²) in [5.41, 5.74) is 4.05. The highest BCUT2D eigenvalue weighted by Gasteiger charge is 2.09. The van der Waals surface area contributed by atoms with Crippen LogP contribution in [0.25, 0.3) is 22.6 Å². The Labute approximate surface area is 152 Å². The molecule has 4 rings (SSSR count). The summed E-state index contributed by atoms with van der Waals surface area (Å²) in [6.45, 7) is 0. The molecular weight excluding hydrogens is 322 g/mol. The van der Waals surface area contributed by atoms with E-state index in [1.54, 1.807) is 6.20 Å².